The Morgan fingerprint density at radius 3 is 2.03 bits per heavy atom. The Morgan fingerprint density at radius 2 is 1.56 bits per heavy atom. The number of nitrogens with zero attached hydrogens (tertiary/aromatic N) is 5. The predicted octanol–water partition coefficient (Wildman–Crippen LogP) is 2.97. The highest BCUT2D eigenvalue weighted by molar-refractivity contribution is 5.73. The number of carboxylic acid groups (broad SMARTS) is 2. The van der Waals surface area contributed by atoms with E-state index in [-0.39, 0.29) is 0 Å². The van der Waals surface area contributed by atoms with Crippen LogP contribution in [0.15, 0.2) is 24.4 Å². The van der Waals surface area contributed by atoms with Crippen LogP contribution >= 0.6 is 0 Å². The maximum absolute atomic E-state index is 10.6. The summed E-state index contributed by atoms with van der Waals surface area (Å²) < 4.78 is 65.9. The Hall–Kier alpha value is -3.20. The Morgan fingerprint density at radius 1 is 1.00 bits per heavy atom. The SMILES string of the molecule is Cc1cccc(CN2CCc3ncc(CN(C)C)n3CC2)n1.O=C(O)C(F)(F)F.O=C(O)C(F)(F)F. The first kappa shape index (κ1) is 30.8. The summed E-state index contributed by atoms with van der Waals surface area (Å²) in [4.78, 5) is 31.7. The fourth-order valence-corrected chi connectivity index (χ4v) is 3.06. The summed E-state index contributed by atoms with van der Waals surface area (Å²) in [6.07, 6.45) is -7.12. The number of carboxylic acids is 2. The minimum absolute atomic E-state index is 0.926. The molecule has 9 nitrogen and oxygen atoms in total. The zero-order chi connectivity index (χ0) is 27.7. The van der Waals surface area contributed by atoms with E-state index >= 15 is 0 Å². The van der Waals surface area contributed by atoms with Gasteiger partial charge >= 0.3 is 24.3 Å². The van der Waals surface area contributed by atoms with E-state index in [1.165, 1.54) is 11.5 Å². The molecule has 202 valence electrons. The van der Waals surface area contributed by atoms with Gasteiger partial charge in [-0.2, -0.15) is 26.3 Å². The molecular weight excluding hydrogens is 500 g/mol. The van der Waals surface area contributed by atoms with Crippen molar-refractivity contribution in [3.8, 4) is 0 Å². The van der Waals surface area contributed by atoms with Crippen LogP contribution in [0.4, 0.5) is 26.3 Å². The Bertz CT molecular complexity index is 983. The van der Waals surface area contributed by atoms with Crippen LogP contribution in [0.5, 0.6) is 0 Å². The Labute approximate surface area is 203 Å². The number of hydrogen-bond donors (Lipinski definition) is 2. The number of hydrogen-bond acceptors (Lipinski definition) is 6. The van der Waals surface area contributed by atoms with Crippen molar-refractivity contribution in [2.24, 2.45) is 0 Å². The number of carbonyl (C=O) groups is 2. The van der Waals surface area contributed by atoms with Gasteiger partial charge in [-0.15, -0.1) is 0 Å². The lowest BCUT2D eigenvalue weighted by Crippen LogP contribution is -2.27. The molecule has 0 fully saturated rings. The van der Waals surface area contributed by atoms with Crippen molar-refractivity contribution in [3.05, 3.63) is 47.3 Å². The largest absolute Gasteiger partial charge is 0.490 e. The molecular formula is C21H27F6N5O4. The highest BCUT2D eigenvalue weighted by atomic mass is 19.4. The van der Waals surface area contributed by atoms with Gasteiger partial charge in [0, 0.05) is 51.0 Å². The summed E-state index contributed by atoms with van der Waals surface area (Å²) in [6.45, 7) is 7.05. The van der Waals surface area contributed by atoms with Crippen LogP contribution < -0.4 is 0 Å². The molecule has 0 bridgehead atoms. The van der Waals surface area contributed by atoms with Crippen LogP contribution in [0.2, 0.25) is 0 Å². The lowest BCUT2D eigenvalue weighted by molar-refractivity contribution is -0.193. The molecule has 1 aliphatic heterocycles. The van der Waals surface area contributed by atoms with Crippen molar-refractivity contribution in [1.29, 1.82) is 0 Å². The molecule has 15 heteroatoms. The monoisotopic (exact) mass is 527 g/mol. The van der Waals surface area contributed by atoms with E-state index in [1.54, 1.807) is 0 Å². The van der Waals surface area contributed by atoms with Crippen molar-refractivity contribution in [2.45, 2.75) is 45.3 Å². The van der Waals surface area contributed by atoms with E-state index in [4.69, 9.17) is 19.8 Å². The van der Waals surface area contributed by atoms with Gasteiger partial charge in [-0.1, -0.05) is 6.07 Å². The number of alkyl halides is 6. The number of aliphatic carboxylic acids is 2. The standard InChI is InChI=1S/C17H25N5.2C2HF3O2/c1-14-5-4-6-15(19-14)12-21-8-7-17-18-11-16(13-20(2)3)22(17)10-9-21;2*3-2(4,5)1(6)7/h4-6,11H,7-10,12-13H2,1-3H3;2*(H,6,7). The van der Waals surface area contributed by atoms with Crippen molar-refractivity contribution >= 4 is 11.9 Å². The van der Waals surface area contributed by atoms with Gasteiger partial charge in [-0.25, -0.2) is 14.6 Å². The van der Waals surface area contributed by atoms with Gasteiger partial charge in [-0.3, -0.25) is 9.88 Å². The molecule has 0 radical (unpaired) electrons. The first-order chi connectivity index (χ1) is 16.5. The maximum Gasteiger partial charge on any atom is 0.490 e. The Balaban J connectivity index is 0.000000383. The lowest BCUT2D eigenvalue weighted by atomic mass is 10.3. The van der Waals surface area contributed by atoms with Crippen molar-refractivity contribution in [1.82, 2.24) is 24.3 Å². The number of aryl methyl sites for hydroxylation is 1. The molecule has 2 N–H and O–H groups in total. The molecule has 1 aliphatic rings. The van der Waals surface area contributed by atoms with Gasteiger partial charge in [0.2, 0.25) is 0 Å². The fraction of sp³-hybridized carbons (Fsp3) is 0.524. The minimum Gasteiger partial charge on any atom is -0.475 e. The van der Waals surface area contributed by atoms with Crippen LogP contribution in [0.3, 0.4) is 0 Å². The first-order valence-corrected chi connectivity index (χ1v) is 10.4. The van der Waals surface area contributed by atoms with Crippen LogP contribution in [0.1, 0.15) is 22.9 Å². The maximum atomic E-state index is 10.6. The molecule has 3 rings (SSSR count). The number of imidazole rings is 1. The average Bonchev–Trinajstić information content (AvgIpc) is 2.98. The molecule has 0 aliphatic carbocycles. The summed E-state index contributed by atoms with van der Waals surface area (Å²) in [5.74, 6) is -4.29. The molecule has 0 atom stereocenters. The zero-order valence-electron chi connectivity index (χ0n) is 19.8. The molecule has 2 aromatic heterocycles. The first-order valence-electron chi connectivity index (χ1n) is 10.4. The fourth-order valence-electron chi connectivity index (χ4n) is 3.06. The molecule has 2 aromatic rings. The third-order valence-corrected chi connectivity index (χ3v) is 4.61. The molecule has 0 aromatic carbocycles. The molecule has 0 spiro atoms. The minimum atomic E-state index is -5.08. The van der Waals surface area contributed by atoms with Gasteiger partial charge in [0.1, 0.15) is 5.82 Å². The Kier molecular flexibility index (Phi) is 11.3. The number of halogens is 6. The smallest absolute Gasteiger partial charge is 0.475 e. The van der Waals surface area contributed by atoms with E-state index in [2.05, 4.69) is 63.6 Å². The van der Waals surface area contributed by atoms with Gasteiger partial charge in [0.15, 0.2) is 0 Å². The van der Waals surface area contributed by atoms with E-state index < -0.39 is 24.3 Å². The van der Waals surface area contributed by atoms with Crippen molar-refractivity contribution in [3.63, 3.8) is 0 Å². The second kappa shape index (κ2) is 13.2. The molecule has 0 unspecified atom stereocenters. The topological polar surface area (TPSA) is 112 Å². The van der Waals surface area contributed by atoms with E-state index in [9.17, 15) is 26.3 Å². The van der Waals surface area contributed by atoms with Crippen molar-refractivity contribution in [2.75, 3.05) is 27.2 Å². The summed E-state index contributed by atoms with van der Waals surface area (Å²) in [5, 5.41) is 14.2. The summed E-state index contributed by atoms with van der Waals surface area (Å²) in [5.41, 5.74) is 3.57. The molecule has 0 saturated carbocycles. The second-order valence-corrected chi connectivity index (χ2v) is 7.96. The second-order valence-electron chi connectivity index (χ2n) is 7.96. The van der Waals surface area contributed by atoms with Crippen molar-refractivity contribution < 1.29 is 46.1 Å². The van der Waals surface area contributed by atoms with E-state index in [1.807, 2.05) is 6.20 Å². The van der Waals surface area contributed by atoms with E-state index in [0.29, 0.717) is 0 Å². The third-order valence-electron chi connectivity index (χ3n) is 4.61. The highest BCUT2D eigenvalue weighted by Crippen LogP contribution is 2.15. The summed E-state index contributed by atoms with van der Waals surface area (Å²) in [6, 6.07) is 6.26. The van der Waals surface area contributed by atoms with Gasteiger partial charge in [0.25, 0.3) is 0 Å². The third kappa shape index (κ3) is 11.0. The molecule has 0 saturated heterocycles. The van der Waals surface area contributed by atoms with Crippen LogP contribution in [0.25, 0.3) is 0 Å². The predicted molar refractivity (Wildman–Crippen MR) is 115 cm³/mol. The normalized spacial score (nSPS) is 14.1. The number of rotatable bonds is 4. The van der Waals surface area contributed by atoms with Crippen LogP contribution in [-0.4, -0.2) is 86.0 Å². The number of fused-ring (bicyclic) bond motifs is 1. The molecule has 3 heterocycles. The number of aromatic nitrogens is 3. The quantitative estimate of drug-likeness (QED) is 0.584. The zero-order valence-corrected chi connectivity index (χ0v) is 19.8. The van der Waals surface area contributed by atoms with Crippen LogP contribution in [-0.2, 0) is 35.6 Å². The number of pyridine rings is 1. The van der Waals surface area contributed by atoms with Gasteiger partial charge in [-0.05, 0) is 33.2 Å². The lowest BCUT2D eigenvalue weighted by Gasteiger charge is -2.19. The molecule has 36 heavy (non-hydrogen) atoms. The van der Waals surface area contributed by atoms with Gasteiger partial charge < -0.3 is 19.7 Å². The summed E-state index contributed by atoms with van der Waals surface area (Å²) in [7, 11) is 4.21. The van der Waals surface area contributed by atoms with Gasteiger partial charge in [0.05, 0.1) is 11.4 Å². The van der Waals surface area contributed by atoms with E-state index in [0.717, 1.165) is 50.5 Å². The molecule has 0 amide bonds. The van der Waals surface area contributed by atoms with Crippen LogP contribution in [0, 0.1) is 6.92 Å². The highest BCUT2D eigenvalue weighted by Gasteiger charge is 2.38. The summed E-state index contributed by atoms with van der Waals surface area (Å²) >= 11 is 0. The average molecular weight is 527 g/mol.